The largest absolute Gasteiger partial charge is 0.292 e. The van der Waals surface area contributed by atoms with Gasteiger partial charge in [-0.15, -0.1) is 0 Å². The summed E-state index contributed by atoms with van der Waals surface area (Å²) in [7, 11) is 0. The van der Waals surface area contributed by atoms with E-state index in [0.29, 0.717) is 5.56 Å². The first-order valence-electron chi connectivity index (χ1n) is 6.09. The van der Waals surface area contributed by atoms with Crippen molar-refractivity contribution in [1.29, 1.82) is 0 Å². The SMILES string of the molecule is [NH]C(C(=O)c1ccccc1)C1CCCCC1. The molecule has 1 aliphatic rings. The van der Waals surface area contributed by atoms with Crippen molar-refractivity contribution in [2.45, 2.75) is 38.1 Å². The summed E-state index contributed by atoms with van der Waals surface area (Å²) in [6.07, 6.45) is 5.73. The standard InChI is InChI=1S/C14H18NO/c15-13(11-7-3-1-4-8-11)14(16)12-9-5-2-6-10-12/h2,5-6,9-11,13,15H,1,3-4,7-8H2. The average Bonchev–Trinajstić information content (AvgIpc) is 2.39. The first-order valence-corrected chi connectivity index (χ1v) is 6.09. The Morgan fingerprint density at radius 3 is 2.38 bits per heavy atom. The molecule has 0 aromatic heterocycles. The molecule has 1 fully saturated rings. The number of hydrogen-bond donors (Lipinski definition) is 0. The van der Waals surface area contributed by atoms with Crippen LogP contribution < -0.4 is 5.73 Å². The third kappa shape index (κ3) is 2.50. The molecule has 2 nitrogen and oxygen atoms in total. The van der Waals surface area contributed by atoms with Gasteiger partial charge in [0.2, 0.25) is 0 Å². The third-order valence-electron chi connectivity index (χ3n) is 3.46. The third-order valence-corrected chi connectivity index (χ3v) is 3.46. The molecular weight excluding hydrogens is 198 g/mol. The topological polar surface area (TPSA) is 40.9 Å². The molecule has 0 bridgehead atoms. The molecule has 0 spiro atoms. The summed E-state index contributed by atoms with van der Waals surface area (Å²) in [6, 6.07) is 8.69. The summed E-state index contributed by atoms with van der Waals surface area (Å²) >= 11 is 0. The van der Waals surface area contributed by atoms with Crippen molar-refractivity contribution in [1.82, 2.24) is 5.73 Å². The van der Waals surface area contributed by atoms with Gasteiger partial charge < -0.3 is 0 Å². The van der Waals surface area contributed by atoms with E-state index in [1.165, 1.54) is 19.3 Å². The number of carbonyl (C=O) groups excluding carboxylic acids is 1. The zero-order valence-electron chi connectivity index (χ0n) is 9.49. The number of Topliss-reactive ketones (excluding diaryl/α,β-unsaturated/α-hetero) is 1. The van der Waals surface area contributed by atoms with E-state index in [0.717, 1.165) is 12.8 Å². The molecule has 1 aromatic rings. The lowest BCUT2D eigenvalue weighted by atomic mass is 9.81. The van der Waals surface area contributed by atoms with Crippen molar-refractivity contribution >= 4 is 5.78 Å². The van der Waals surface area contributed by atoms with Crippen molar-refractivity contribution in [2.24, 2.45) is 5.92 Å². The molecule has 2 heteroatoms. The average molecular weight is 216 g/mol. The van der Waals surface area contributed by atoms with Gasteiger partial charge >= 0.3 is 0 Å². The highest BCUT2D eigenvalue weighted by molar-refractivity contribution is 6.00. The predicted octanol–water partition coefficient (Wildman–Crippen LogP) is 3.10. The minimum Gasteiger partial charge on any atom is -0.292 e. The van der Waals surface area contributed by atoms with Crippen molar-refractivity contribution in [3.8, 4) is 0 Å². The van der Waals surface area contributed by atoms with Crippen LogP contribution in [0.1, 0.15) is 42.5 Å². The molecule has 0 heterocycles. The highest BCUT2D eigenvalue weighted by atomic mass is 16.1. The smallest absolute Gasteiger partial charge is 0.181 e. The first-order chi connectivity index (χ1) is 7.79. The van der Waals surface area contributed by atoms with Gasteiger partial charge in [0.15, 0.2) is 5.78 Å². The van der Waals surface area contributed by atoms with Crippen LogP contribution in [-0.4, -0.2) is 11.8 Å². The Balaban J connectivity index is 2.04. The number of hydrogen-bond acceptors (Lipinski definition) is 1. The highest BCUT2D eigenvalue weighted by Crippen LogP contribution is 2.27. The Morgan fingerprint density at radius 2 is 1.75 bits per heavy atom. The van der Waals surface area contributed by atoms with Gasteiger partial charge in [0.25, 0.3) is 0 Å². The fraction of sp³-hybridized carbons (Fsp3) is 0.500. The Kier molecular flexibility index (Phi) is 3.73. The molecule has 0 amide bonds. The normalized spacial score (nSPS) is 19.3. The zero-order chi connectivity index (χ0) is 11.4. The zero-order valence-corrected chi connectivity index (χ0v) is 9.49. The second kappa shape index (κ2) is 5.26. The van der Waals surface area contributed by atoms with Crippen LogP contribution in [0.4, 0.5) is 0 Å². The molecule has 1 aliphatic carbocycles. The van der Waals surface area contributed by atoms with Gasteiger partial charge in [-0.05, 0) is 18.8 Å². The van der Waals surface area contributed by atoms with E-state index in [4.69, 9.17) is 5.73 Å². The summed E-state index contributed by atoms with van der Waals surface area (Å²) in [5, 5.41) is 0. The van der Waals surface area contributed by atoms with E-state index in [1.54, 1.807) is 0 Å². The molecular formula is C14H18NO. The Morgan fingerprint density at radius 1 is 1.12 bits per heavy atom. The molecule has 85 valence electrons. The van der Waals surface area contributed by atoms with Crippen LogP contribution in [0.25, 0.3) is 0 Å². The molecule has 1 atom stereocenters. The van der Waals surface area contributed by atoms with Crippen molar-refractivity contribution in [3.05, 3.63) is 35.9 Å². The molecule has 0 aliphatic heterocycles. The van der Waals surface area contributed by atoms with E-state index in [2.05, 4.69) is 0 Å². The summed E-state index contributed by atoms with van der Waals surface area (Å²) in [5.41, 5.74) is 8.75. The van der Waals surface area contributed by atoms with Gasteiger partial charge in [-0.25, -0.2) is 5.73 Å². The maximum Gasteiger partial charge on any atom is 0.181 e. The summed E-state index contributed by atoms with van der Waals surface area (Å²) in [5.74, 6) is 0.272. The highest BCUT2D eigenvalue weighted by Gasteiger charge is 2.27. The maximum atomic E-state index is 12.1. The van der Waals surface area contributed by atoms with Crippen LogP contribution in [0.2, 0.25) is 0 Å². The van der Waals surface area contributed by atoms with Crippen LogP contribution in [0, 0.1) is 5.92 Å². The predicted molar refractivity (Wildman–Crippen MR) is 64.2 cm³/mol. The van der Waals surface area contributed by atoms with Crippen molar-refractivity contribution < 1.29 is 4.79 Å². The van der Waals surface area contributed by atoms with Gasteiger partial charge in [0.1, 0.15) is 0 Å². The Labute approximate surface area is 96.8 Å². The number of nitrogens with one attached hydrogen (secondary N) is 1. The summed E-state index contributed by atoms with van der Waals surface area (Å²) in [4.78, 5) is 12.1. The molecule has 1 N–H and O–H groups in total. The quantitative estimate of drug-likeness (QED) is 0.716. The molecule has 1 aromatic carbocycles. The summed E-state index contributed by atoms with van der Waals surface area (Å²) < 4.78 is 0. The van der Waals surface area contributed by atoms with Crippen LogP contribution in [0.3, 0.4) is 0 Å². The number of carbonyl (C=O) groups is 1. The van der Waals surface area contributed by atoms with Crippen LogP contribution in [-0.2, 0) is 0 Å². The second-order valence-corrected chi connectivity index (χ2v) is 4.61. The monoisotopic (exact) mass is 216 g/mol. The molecule has 0 saturated heterocycles. The lowest BCUT2D eigenvalue weighted by molar-refractivity contribution is 0.0911. The van der Waals surface area contributed by atoms with Gasteiger partial charge in [-0.1, -0.05) is 49.6 Å². The number of ketones is 1. The molecule has 1 radical (unpaired) electrons. The molecule has 1 saturated carbocycles. The van der Waals surface area contributed by atoms with E-state index in [1.807, 2.05) is 30.3 Å². The van der Waals surface area contributed by atoms with Crippen molar-refractivity contribution in [3.63, 3.8) is 0 Å². The van der Waals surface area contributed by atoms with E-state index < -0.39 is 6.04 Å². The first kappa shape index (κ1) is 11.3. The van der Waals surface area contributed by atoms with Gasteiger partial charge in [0.05, 0.1) is 6.04 Å². The van der Waals surface area contributed by atoms with Crippen molar-refractivity contribution in [2.75, 3.05) is 0 Å². The fourth-order valence-electron chi connectivity index (χ4n) is 2.46. The minimum absolute atomic E-state index is 0.00694. The summed E-state index contributed by atoms with van der Waals surface area (Å²) in [6.45, 7) is 0. The molecule has 1 unspecified atom stereocenters. The number of benzene rings is 1. The van der Waals surface area contributed by atoms with E-state index in [-0.39, 0.29) is 11.7 Å². The van der Waals surface area contributed by atoms with E-state index >= 15 is 0 Å². The Bertz CT molecular complexity index is 341. The fourth-order valence-corrected chi connectivity index (χ4v) is 2.46. The van der Waals surface area contributed by atoms with E-state index in [9.17, 15) is 4.79 Å². The minimum atomic E-state index is -0.553. The van der Waals surface area contributed by atoms with Crippen LogP contribution >= 0.6 is 0 Å². The van der Waals surface area contributed by atoms with Gasteiger partial charge in [-0.2, -0.15) is 0 Å². The maximum absolute atomic E-state index is 12.1. The van der Waals surface area contributed by atoms with Crippen LogP contribution in [0.15, 0.2) is 30.3 Å². The second-order valence-electron chi connectivity index (χ2n) is 4.61. The van der Waals surface area contributed by atoms with Gasteiger partial charge in [0, 0.05) is 5.56 Å². The lowest BCUT2D eigenvalue weighted by Gasteiger charge is -2.25. The van der Waals surface area contributed by atoms with Crippen LogP contribution in [0.5, 0.6) is 0 Å². The molecule has 16 heavy (non-hydrogen) atoms. The molecule has 2 rings (SSSR count). The van der Waals surface area contributed by atoms with Gasteiger partial charge in [-0.3, -0.25) is 4.79 Å². The lowest BCUT2D eigenvalue weighted by Crippen LogP contribution is -2.32. The Hall–Kier alpha value is -1.15. The number of rotatable bonds is 3.